The molecule has 2 rings (SSSR count). The third kappa shape index (κ3) is 8.29. The molecule has 1 amide bonds. The molecule has 0 bridgehead atoms. The van der Waals surface area contributed by atoms with Gasteiger partial charge in [0, 0.05) is 17.6 Å². The minimum atomic E-state index is -0.488. The summed E-state index contributed by atoms with van der Waals surface area (Å²) >= 11 is 0. The lowest BCUT2D eigenvalue weighted by Crippen LogP contribution is -2.34. The maximum atomic E-state index is 11.3. The van der Waals surface area contributed by atoms with E-state index in [-0.39, 0.29) is 12.5 Å². The van der Waals surface area contributed by atoms with Gasteiger partial charge < -0.3 is 9.64 Å². The molecule has 2 aromatic rings. The first-order chi connectivity index (χ1) is 11.7. The molecule has 5 nitrogen and oxygen atoms in total. The second kappa shape index (κ2) is 9.77. The molecule has 0 saturated carbocycles. The summed E-state index contributed by atoms with van der Waals surface area (Å²) in [6.45, 7) is 9.98. The molecule has 1 aromatic heterocycles. The Labute approximate surface area is 150 Å². The monoisotopic (exact) mass is 344 g/mol. The number of nitrogens with zero attached hydrogens (tertiary/aromatic N) is 2. The Morgan fingerprint density at radius 2 is 1.88 bits per heavy atom. The van der Waals surface area contributed by atoms with Crippen molar-refractivity contribution in [2.24, 2.45) is 0 Å². The predicted molar refractivity (Wildman–Crippen MR) is 100 cm³/mol. The average molecular weight is 344 g/mol. The minimum Gasteiger partial charge on any atom is -0.459 e. The van der Waals surface area contributed by atoms with Crippen molar-refractivity contribution >= 4 is 23.3 Å². The molecule has 0 radical (unpaired) electrons. The number of rotatable bonds is 5. The molecule has 0 aliphatic rings. The molecule has 1 heterocycles. The van der Waals surface area contributed by atoms with Crippen LogP contribution in [0.4, 0.5) is 0 Å². The van der Waals surface area contributed by atoms with Crippen molar-refractivity contribution in [1.29, 1.82) is 0 Å². The topological polar surface area (TPSA) is 59.5 Å². The third-order valence-electron chi connectivity index (χ3n) is 3.15. The Morgan fingerprint density at radius 3 is 2.48 bits per heavy atom. The number of carbonyl (C=O) groups excluding carboxylic acids is 2. The fourth-order valence-corrected chi connectivity index (χ4v) is 2.16. The van der Waals surface area contributed by atoms with Crippen molar-refractivity contribution in [3.8, 4) is 0 Å². The summed E-state index contributed by atoms with van der Waals surface area (Å²) in [7, 11) is 0. The summed E-state index contributed by atoms with van der Waals surface area (Å²) in [4.78, 5) is 27.6. The highest BCUT2D eigenvalue weighted by atomic mass is 16.6. The smallest absolute Gasteiger partial charge is 0.326 e. The summed E-state index contributed by atoms with van der Waals surface area (Å²) in [6.07, 6.45) is 1.51. The van der Waals surface area contributed by atoms with Crippen LogP contribution in [0, 0.1) is 6.92 Å². The number of benzene rings is 1. The van der Waals surface area contributed by atoms with Gasteiger partial charge in [-0.1, -0.05) is 31.2 Å². The number of hydrogen-bond donors (Lipinski definition) is 0. The summed E-state index contributed by atoms with van der Waals surface area (Å²) in [6, 6.07) is 12.3. The zero-order valence-corrected chi connectivity index (χ0v) is 15.8. The second-order valence-electron chi connectivity index (χ2n) is 6.81. The number of para-hydroxylation sites is 1. The van der Waals surface area contributed by atoms with Crippen molar-refractivity contribution < 1.29 is 14.3 Å². The molecular formula is C20H28N2O3. The van der Waals surface area contributed by atoms with Crippen LogP contribution in [0.2, 0.25) is 0 Å². The van der Waals surface area contributed by atoms with Crippen molar-refractivity contribution in [2.45, 2.75) is 46.6 Å². The normalized spacial score (nSPS) is 10.6. The molecule has 1 aromatic carbocycles. The van der Waals surface area contributed by atoms with E-state index < -0.39 is 5.60 Å². The molecule has 0 atom stereocenters. The van der Waals surface area contributed by atoms with E-state index >= 15 is 0 Å². The number of hydrogen-bond acceptors (Lipinski definition) is 4. The van der Waals surface area contributed by atoms with Gasteiger partial charge in [-0.2, -0.15) is 0 Å². The third-order valence-corrected chi connectivity index (χ3v) is 3.15. The average Bonchev–Trinajstić information content (AvgIpc) is 2.53. The Kier molecular flexibility index (Phi) is 8.05. The number of amides is 1. The number of ether oxygens (including phenoxy) is 1. The van der Waals surface area contributed by atoms with Crippen LogP contribution in [0.5, 0.6) is 0 Å². The first-order valence-electron chi connectivity index (χ1n) is 8.48. The molecule has 0 unspecified atom stereocenters. The van der Waals surface area contributed by atoms with Crippen LogP contribution in [0.3, 0.4) is 0 Å². The molecule has 25 heavy (non-hydrogen) atoms. The lowest BCUT2D eigenvalue weighted by molar-refractivity contribution is -0.157. The van der Waals surface area contributed by atoms with E-state index in [0.29, 0.717) is 13.0 Å². The van der Waals surface area contributed by atoms with Crippen molar-refractivity contribution in [1.82, 2.24) is 9.88 Å². The van der Waals surface area contributed by atoms with Gasteiger partial charge in [0.2, 0.25) is 6.41 Å². The number of aryl methyl sites for hydroxylation is 1. The van der Waals surface area contributed by atoms with Crippen molar-refractivity contribution in [3.05, 3.63) is 42.1 Å². The van der Waals surface area contributed by atoms with Crippen molar-refractivity contribution in [2.75, 3.05) is 13.1 Å². The molecular weight excluding hydrogens is 316 g/mol. The second-order valence-corrected chi connectivity index (χ2v) is 6.81. The summed E-state index contributed by atoms with van der Waals surface area (Å²) in [5.41, 5.74) is 1.66. The fraction of sp³-hybridized carbons (Fsp3) is 0.450. The van der Waals surface area contributed by atoms with Crippen LogP contribution in [-0.2, 0) is 14.3 Å². The van der Waals surface area contributed by atoms with Crippen LogP contribution < -0.4 is 0 Å². The molecule has 136 valence electrons. The van der Waals surface area contributed by atoms with E-state index in [4.69, 9.17) is 4.74 Å². The Balaban J connectivity index is 0.000000255. The Hall–Kier alpha value is -2.43. The van der Waals surface area contributed by atoms with Gasteiger partial charge in [-0.15, -0.1) is 0 Å². The van der Waals surface area contributed by atoms with Gasteiger partial charge in [0.05, 0.1) is 5.52 Å². The van der Waals surface area contributed by atoms with Gasteiger partial charge in [-0.3, -0.25) is 14.6 Å². The number of aromatic nitrogens is 1. The molecule has 0 aliphatic carbocycles. The summed E-state index contributed by atoms with van der Waals surface area (Å²) in [5.74, 6) is -0.363. The fourth-order valence-electron chi connectivity index (χ4n) is 2.16. The maximum absolute atomic E-state index is 11.3. The first-order valence-corrected chi connectivity index (χ1v) is 8.48. The predicted octanol–water partition coefficient (Wildman–Crippen LogP) is 3.74. The zero-order valence-electron chi connectivity index (χ0n) is 15.8. The molecule has 0 saturated heterocycles. The summed E-state index contributed by atoms with van der Waals surface area (Å²) < 4.78 is 5.08. The quantitative estimate of drug-likeness (QED) is 0.612. The highest BCUT2D eigenvalue weighted by molar-refractivity contribution is 5.78. The highest BCUT2D eigenvalue weighted by Gasteiger charge is 2.17. The van der Waals surface area contributed by atoms with Crippen LogP contribution in [0.15, 0.2) is 36.4 Å². The van der Waals surface area contributed by atoms with E-state index in [1.54, 1.807) is 20.8 Å². The molecule has 0 fully saturated rings. The largest absolute Gasteiger partial charge is 0.459 e. The van der Waals surface area contributed by atoms with Gasteiger partial charge in [0.25, 0.3) is 0 Å². The van der Waals surface area contributed by atoms with Crippen LogP contribution in [0.25, 0.3) is 10.9 Å². The van der Waals surface area contributed by atoms with Gasteiger partial charge in [-0.05, 0) is 46.2 Å². The summed E-state index contributed by atoms with van der Waals surface area (Å²) in [5, 5.41) is 1.21. The Morgan fingerprint density at radius 1 is 1.20 bits per heavy atom. The lowest BCUT2D eigenvalue weighted by Gasteiger charge is -2.22. The maximum Gasteiger partial charge on any atom is 0.326 e. The van der Waals surface area contributed by atoms with Gasteiger partial charge >= 0.3 is 5.97 Å². The van der Waals surface area contributed by atoms with E-state index in [1.807, 2.05) is 38.1 Å². The molecule has 0 N–H and O–H groups in total. The van der Waals surface area contributed by atoms with Gasteiger partial charge in [0.1, 0.15) is 12.1 Å². The number of carbonyl (C=O) groups is 2. The van der Waals surface area contributed by atoms with Crippen LogP contribution >= 0.6 is 0 Å². The van der Waals surface area contributed by atoms with E-state index in [2.05, 4.69) is 17.1 Å². The molecule has 5 heteroatoms. The standard InChI is InChI=1S/C10H19NO3.C10H9N/c1-5-6-11(8-12)7-9(13)14-10(2,3)4;1-8-6-7-9-4-2-3-5-10(9)11-8/h8H,5-7H2,1-4H3;2-7H,1H3. The lowest BCUT2D eigenvalue weighted by atomic mass is 10.2. The molecule has 0 spiro atoms. The zero-order chi connectivity index (χ0) is 18.9. The van der Waals surface area contributed by atoms with E-state index in [0.717, 1.165) is 17.6 Å². The molecule has 0 aliphatic heterocycles. The van der Waals surface area contributed by atoms with Gasteiger partial charge in [-0.25, -0.2) is 0 Å². The van der Waals surface area contributed by atoms with Crippen molar-refractivity contribution in [3.63, 3.8) is 0 Å². The minimum absolute atomic E-state index is 0.0363. The Bertz CT molecular complexity index is 693. The van der Waals surface area contributed by atoms with E-state index in [1.165, 1.54) is 10.3 Å². The van der Waals surface area contributed by atoms with Gasteiger partial charge in [0.15, 0.2) is 0 Å². The van der Waals surface area contributed by atoms with E-state index in [9.17, 15) is 9.59 Å². The van der Waals surface area contributed by atoms with Crippen LogP contribution in [0.1, 0.15) is 39.8 Å². The highest BCUT2D eigenvalue weighted by Crippen LogP contribution is 2.10. The number of pyridine rings is 1. The first kappa shape index (κ1) is 20.6. The number of fused-ring (bicyclic) bond motifs is 1. The number of esters is 1. The SMILES string of the molecule is CCCN(C=O)CC(=O)OC(C)(C)C.Cc1ccc2ccccc2n1. The van der Waals surface area contributed by atoms with Crippen LogP contribution in [-0.4, -0.2) is 41.0 Å².